The molecule has 1 fully saturated rings. The zero-order valence-corrected chi connectivity index (χ0v) is 20.6. The lowest BCUT2D eigenvalue weighted by molar-refractivity contribution is 0.430. The van der Waals surface area contributed by atoms with Gasteiger partial charge in [-0.25, -0.2) is 13.4 Å². The van der Waals surface area contributed by atoms with Crippen LogP contribution in [0, 0.1) is 0 Å². The van der Waals surface area contributed by atoms with Crippen LogP contribution in [0.4, 0.5) is 17.3 Å². The average Bonchev–Trinajstić information content (AvgIpc) is 3.26. The minimum Gasteiger partial charge on any atom is -0.328 e. The van der Waals surface area contributed by atoms with Crippen LogP contribution in [0.2, 0.25) is 0 Å². The van der Waals surface area contributed by atoms with Gasteiger partial charge in [0.25, 0.3) is 0 Å². The third-order valence-electron chi connectivity index (χ3n) is 6.28. The number of piperazine rings is 1. The number of rotatable bonds is 7. The van der Waals surface area contributed by atoms with E-state index in [0.717, 1.165) is 41.9 Å². The molecule has 182 valence electrons. The van der Waals surface area contributed by atoms with Crippen LogP contribution in [0.1, 0.15) is 17.2 Å². The number of nitrogens with zero attached hydrogens (tertiary/aromatic N) is 4. The minimum atomic E-state index is -3.37. The Balaban J connectivity index is 1.37. The van der Waals surface area contributed by atoms with E-state index in [1.165, 1.54) is 16.1 Å². The molecule has 1 saturated heterocycles. The van der Waals surface area contributed by atoms with Gasteiger partial charge in [-0.05, 0) is 35.4 Å². The molecule has 9 nitrogen and oxygen atoms in total. The van der Waals surface area contributed by atoms with E-state index in [4.69, 9.17) is 4.98 Å². The van der Waals surface area contributed by atoms with E-state index in [9.17, 15) is 8.42 Å². The number of hydrogen-bond donors (Lipinski definition) is 3. The number of benzene rings is 2. The van der Waals surface area contributed by atoms with Crippen molar-refractivity contribution >= 4 is 38.4 Å². The summed E-state index contributed by atoms with van der Waals surface area (Å²) in [6.45, 7) is 3.37. The van der Waals surface area contributed by atoms with Gasteiger partial charge in [0.1, 0.15) is 5.65 Å². The number of para-hydroxylation sites is 1. The molecule has 1 aliphatic heterocycles. The molecule has 5 rings (SSSR count). The molecule has 4 aromatic rings. The Labute approximate surface area is 205 Å². The van der Waals surface area contributed by atoms with Crippen molar-refractivity contribution in [2.24, 2.45) is 0 Å². The van der Waals surface area contributed by atoms with Gasteiger partial charge in [-0.3, -0.25) is 4.31 Å². The predicted molar refractivity (Wildman–Crippen MR) is 140 cm³/mol. The van der Waals surface area contributed by atoms with Gasteiger partial charge in [0, 0.05) is 56.2 Å². The molecule has 0 saturated carbocycles. The van der Waals surface area contributed by atoms with E-state index in [1.807, 2.05) is 53.2 Å². The summed E-state index contributed by atoms with van der Waals surface area (Å²) in [6.07, 6.45) is 4.94. The number of fused-ring (bicyclic) bond motifs is 1. The highest BCUT2D eigenvalue weighted by Gasteiger charge is 2.17. The Morgan fingerprint density at radius 1 is 1.11 bits per heavy atom. The molecular weight excluding hydrogens is 462 g/mol. The van der Waals surface area contributed by atoms with Crippen molar-refractivity contribution in [1.82, 2.24) is 25.2 Å². The molecule has 3 N–H and O–H groups in total. The van der Waals surface area contributed by atoms with Gasteiger partial charge in [-0.2, -0.15) is 4.98 Å². The Morgan fingerprint density at radius 3 is 2.66 bits per heavy atom. The van der Waals surface area contributed by atoms with Gasteiger partial charge >= 0.3 is 0 Å². The lowest BCUT2D eigenvalue weighted by Gasteiger charge is -2.25. The van der Waals surface area contributed by atoms with Crippen LogP contribution in [0.3, 0.4) is 0 Å². The Hall–Kier alpha value is -3.47. The first-order valence-electron chi connectivity index (χ1n) is 11.5. The van der Waals surface area contributed by atoms with Crippen molar-refractivity contribution in [1.29, 1.82) is 0 Å². The number of hydrogen-bond acceptors (Lipinski definition) is 7. The zero-order valence-electron chi connectivity index (χ0n) is 19.8. The fraction of sp³-hybridized carbons (Fsp3) is 0.280. The number of sulfonamides is 1. The molecule has 0 radical (unpaired) electrons. The maximum Gasteiger partial charge on any atom is 0.232 e. The first-order valence-corrected chi connectivity index (χ1v) is 13.4. The van der Waals surface area contributed by atoms with Gasteiger partial charge in [0.15, 0.2) is 0 Å². The van der Waals surface area contributed by atoms with Crippen LogP contribution in [0.15, 0.2) is 67.0 Å². The smallest absolute Gasteiger partial charge is 0.232 e. The molecule has 35 heavy (non-hydrogen) atoms. The Morgan fingerprint density at radius 2 is 1.91 bits per heavy atom. The molecule has 3 heterocycles. The second-order valence-corrected chi connectivity index (χ2v) is 10.7. The van der Waals surface area contributed by atoms with Gasteiger partial charge in [0.2, 0.25) is 16.0 Å². The third-order valence-corrected chi connectivity index (χ3v) is 7.47. The van der Waals surface area contributed by atoms with Gasteiger partial charge in [-0.1, -0.05) is 30.3 Å². The maximum atomic E-state index is 12.1. The number of anilines is 3. The predicted octanol–water partition coefficient (Wildman–Crippen LogP) is 2.85. The summed E-state index contributed by atoms with van der Waals surface area (Å²) in [5, 5.41) is 11.1. The topological polar surface area (TPSA) is 104 Å². The second-order valence-electron chi connectivity index (χ2n) is 8.73. The van der Waals surface area contributed by atoms with Crippen LogP contribution < -0.4 is 20.3 Å². The summed E-state index contributed by atoms with van der Waals surface area (Å²) >= 11 is 0. The molecular formula is C25H29N7O2S. The number of nitrogens with one attached hydrogen (secondary N) is 3. The summed E-state index contributed by atoms with van der Waals surface area (Å²) in [5.74, 6) is 0.504. The van der Waals surface area contributed by atoms with E-state index in [2.05, 4.69) is 33.1 Å². The van der Waals surface area contributed by atoms with E-state index in [1.54, 1.807) is 13.2 Å². The molecule has 10 heteroatoms. The normalized spacial score (nSPS) is 16.3. The van der Waals surface area contributed by atoms with Crippen molar-refractivity contribution in [3.63, 3.8) is 0 Å². The highest BCUT2D eigenvalue weighted by atomic mass is 32.2. The van der Waals surface area contributed by atoms with E-state index in [0.29, 0.717) is 24.2 Å². The maximum absolute atomic E-state index is 12.1. The highest BCUT2D eigenvalue weighted by Crippen LogP contribution is 2.25. The molecule has 0 bridgehead atoms. The van der Waals surface area contributed by atoms with Crippen molar-refractivity contribution in [3.05, 3.63) is 78.1 Å². The van der Waals surface area contributed by atoms with E-state index in [-0.39, 0.29) is 0 Å². The first kappa shape index (κ1) is 23.3. The molecule has 1 unspecified atom stereocenters. The van der Waals surface area contributed by atoms with Crippen molar-refractivity contribution in [3.8, 4) is 0 Å². The lowest BCUT2D eigenvalue weighted by atomic mass is 10.1. The Kier molecular flexibility index (Phi) is 6.42. The van der Waals surface area contributed by atoms with Crippen molar-refractivity contribution in [2.75, 3.05) is 42.6 Å². The van der Waals surface area contributed by atoms with Gasteiger partial charge < -0.3 is 20.5 Å². The van der Waals surface area contributed by atoms with Crippen molar-refractivity contribution < 1.29 is 8.42 Å². The summed E-state index contributed by atoms with van der Waals surface area (Å²) in [5.41, 5.74) is 4.45. The molecule has 1 aliphatic rings. The van der Waals surface area contributed by atoms with Crippen LogP contribution >= 0.6 is 0 Å². The standard InChI is InChI=1S/C25H29N7O2S/c1-31(35(2,33)34)23-6-4-3-5-20(23)17-32-14-11-19-15-28-25(30-24(19)32)29-21-9-7-18(8-10-21)22-16-26-12-13-27-22/h3-11,14-15,22,26-27H,12-13,16-17H2,1-2H3,(H,28,29,30). The fourth-order valence-corrected chi connectivity index (χ4v) is 4.82. The SMILES string of the molecule is CN(c1ccccc1Cn1ccc2cnc(Nc3ccc(C4CNCCN4)cc3)nc21)S(C)(=O)=O. The number of aromatic nitrogens is 3. The Bertz CT molecular complexity index is 1430. The highest BCUT2D eigenvalue weighted by molar-refractivity contribution is 7.92. The molecule has 0 spiro atoms. The quantitative estimate of drug-likeness (QED) is 0.365. The summed E-state index contributed by atoms with van der Waals surface area (Å²) in [6, 6.07) is 18.1. The van der Waals surface area contributed by atoms with Crippen LogP contribution in [-0.2, 0) is 16.6 Å². The molecule has 2 aromatic carbocycles. The monoisotopic (exact) mass is 491 g/mol. The molecule has 2 aromatic heterocycles. The van der Waals surface area contributed by atoms with Gasteiger partial charge in [-0.15, -0.1) is 0 Å². The third kappa shape index (κ3) is 5.14. The summed E-state index contributed by atoms with van der Waals surface area (Å²) in [4.78, 5) is 9.22. The average molecular weight is 492 g/mol. The van der Waals surface area contributed by atoms with Gasteiger partial charge in [0.05, 0.1) is 18.5 Å². The van der Waals surface area contributed by atoms with Crippen molar-refractivity contribution in [2.45, 2.75) is 12.6 Å². The van der Waals surface area contributed by atoms with E-state index >= 15 is 0 Å². The van der Waals surface area contributed by atoms with Crippen LogP contribution in [-0.4, -0.2) is 55.9 Å². The van der Waals surface area contributed by atoms with E-state index < -0.39 is 10.0 Å². The molecule has 0 aliphatic carbocycles. The molecule has 0 amide bonds. The minimum absolute atomic E-state index is 0.318. The second kappa shape index (κ2) is 9.65. The summed E-state index contributed by atoms with van der Waals surface area (Å²) in [7, 11) is -1.80. The molecule has 1 atom stereocenters. The zero-order chi connectivity index (χ0) is 24.4. The van der Waals surface area contributed by atoms with Crippen LogP contribution in [0.5, 0.6) is 0 Å². The lowest BCUT2D eigenvalue weighted by Crippen LogP contribution is -2.42. The van der Waals surface area contributed by atoms with Crippen LogP contribution in [0.25, 0.3) is 11.0 Å². The first-order chi connectivity index (χ1) is 16.9. The largest absolute Gasteiger partial charge is 0.328 e. The summed E-state index contributed by atoms with van der Waals surface area (Å²) < 4.78 is 27.5. The fourth-order valence-electron chi connectivity index (χ4n) is 4.29.